The van der Waals surface area contributed by atoms with Gasteiger partial charge in [0.1, 0.15) is 24.1 Å². The fraction of sp³-hybridized carbons (Fsp3) is 0.833. The van der Waals surface area contributed by atoms with E-state index in [4.69, 9.17) is 14.2 Å². The highest BCUT2D eigenvalue weighted by atomic mass is 16.6. The van der Waals surface area contributed by atoms with Crippen molar-refractivity contribution in [2.75, 3.05) is 13.2 Å². The van der Waals surface area contributed by atoms with E-state index in [9.17, 15) is 14.7 Å². The van der Waals surface area contributed by atoms with Gasteiger partial charge in [-0.2, -0.15) is 0 Å². The number of carbonyl (C=O) groups is 2. The summed E-state index contributed by atoms with van der Waals surface area (Å²) in [5, 5.41) is 9.53. The number of esters is 1. The van der Waals surface area contributed by atoms with Crippen molar-refractivity contribution in [2.24, 2.45) is 0 Å². The van der Waals surface area contributed by atoms with Crippen LogP contribution in [0.1, 0.15) is 26.2 Å². The van der Waals surface area contributed by atoms with Gasteiger partial charge in [-0.1, -0.05) is 0 Å². The fourth-order valence-corrected chi connectivity index (χ4v) is 2.25. The largest absolute Gasteiger partial charge is 0.457 e. The van der Waals surface area contributed by atoms with E-state index < -0.39 is 12.2 Å². The molecular weight excluding hydrogens is 240 g/mol. The predicted octanol–water partition coefficient (Wildman–Crippen LogP) is -0.184. The molecule has 0 aliphatic carbocycles. The first-order valence-corrected chi connectivity index (χ1v) is 6.18. The quantitative estimate of drug-likeness (QED) is 0.689. The van der Waals surface area contributed by atoms with Gasteiger partial charge in [0.2, 0.25) is 0 Å². The SMILES string of the molecule is CC(=O)CCCC(=O)O[C@H]1CO[C@H]2[C@@H]1OC[C@@H]2O. The number of fused-ring (bicyclic) bond motifs is 1. The summed E-state index contributed by atoms with van der Waals surface area (Å²) in [6.07, 6.45) is -0.738. The minimum absolute atomic E-state index is 0.0642. The zero-order chi connectivity index (χ0) is 13.1. The molecule has 0 aromatic carbocycles. The summed E-state index contributed by atoms with van der Waals surface area (Å²) in [4.78, 5) is 22.3. The lowest BCUT2D eigenvalue weighted by molar-refractivity contribution is -0.153. The first kappa shape index (κ1) is 13.5. The molecule has 6 nitrogen and oxygen atoms in total. The number of aliphatic hydroxyl groups excluding tert-OH is 1. The third-order valence-corrected chi connectivity index (χ3v) is 3.17. The molecule has 0 amide bonds. The van der Waals surface area contributed by atoms with Gasteiger partial charge in [0.15, 0.2) is 6.10 Å². The molecule has 0 bridgehead atoms. The molecule has 0 radical (unpaired) electrons. The van der Waals surface area contributed by atoms with Crippen molar-refractivity contribution in [2.45, 2.75) is 50.6 Å². The van der Waals surface area contributed by atoms with Crippen LogP contribution in [0.2, 0.25) is 0 Å². The lowest BCUT2D eigenvalue weighted by Crippen LogP contribution is -2.34. The van der Waals surface area contributed by atoms with E-state index >= 15 is 0 Å². The van der Waals surface area contributed by atoms with Gasteiger partial charge in [0, 0.05) is 12.8 Å². The van der Waals surface area contributed by atoms with Gasteiger partial charge >= 0.3 is 5.97 Å². The Balaban J connectivity index is 1.73. The monoisotopic (exact) mass is 258 g/mol. The number of carbonyl (C=O) groups excluding carboxylic acids is 2. The molecule has 2 rings (SSSR count). The maximum Gasteiger partial charge on any atom is 0.306 e. The molecule has 0 saturated carbocycles. The van der Waals surface area contributed by atoms with Gasteiger partial charge in [-0.15, -0.1) is 0 Å². The molecule has 6 heteroatoms. The molecule has 0 aromatic rings. The van der Waals surface area contributed by atoms with Crippen molar-refractivity contribution in [3.8, 4) is 0 Å². The van der Waals surface area contributed by atoms with Crippen LogP contribution in [0.25, 0.3) is 0 Å². The zero-order valence-electron chi connectivity index (χ0n) is 10.3. The van der Waals surface area contributed by atoms with Crippen molar-refractivity contribution >= 4 is 11.8 Å². The average molecular weight is 258 g/mol. The molecule has 0 aromatic heterocycles. The van der Waals surface area contributed by atoms with Gasteiger partial charge in [0.25, 0.3) is 0 Å². The van der Waals surface area contributed by atoms with Crippen molar-refractivity contribution < 1.29 is 28.9 Å². The summed E-state index contributed by atoms with van der Waals surface area (Å²) >= 11 is 0. The summed E-state index contributed by atoms with van der Waals surface area (Å²) in [5.41, 5.74) is 0. The van der Waals surface area contributed by atoms with Crippen LogP contribution >= 0.6 is 0 Å². The molecule has 18 heavy (non-hydrogen) atoms. The number of hydrogen-bond acceptors (Lipinski definition) is 6. The minimum Gasteiger partial charge on any atom is -0.457 e. The lowest BCUT2D eigenvalue weighted by atomic mass is 10.1. The van der Waals surface area contributed by atoms with Crippen LogP contribution in [0.3, 0.4) is 0 Å². The molecule has 0 spiro atoms. The van der Waals surface area contributed by atoms with E-state index in [1.807, 2.05) is 0 Å². The van der Waals surface area contributed by atoms with Gasteiger partial charge in [-0.25, -0.2) is 0 Å². The number of hydrogen-bond donors (Lipinski definition) is 1. The van der Waals surface area contributed by atoms with Crippen LogP contribution in [0, 0.1) is 0 Å². The molecule has 2 aliphatic heterocycles. The first-order chi connectivity index (χ1) is 8.58. The van der Waals surface area contributed by atoms with Crippen LogP contribution in [-0.4, -0.2) is 54.5 Å². The van der Waals surface area contributed by atoms with E-state index in [1.165, 1.54) is 6.92 Å². The second-order valence-corrected chi connectivity index (χ2v) is 4.75. The normalized spacial score (nSPS) is 34.3. The first-order valence-electron chi connectivity index (χ1n) is 6.18. The van der Waals surface area contributed by atoms with E-state index in [0.717, 1.165) is 0 Å². The topological polar surface area (TPSA) is 82.1 Å². The molecular formula is C12H18O6. The second-order valence-electron chi connectivity index (χ2n) is 4.75. The number of rotatable bonds is 5. The van der Waals surface area contributed by atoms with Gasteiger partial charge in [0.05, 0.1) is 13.2 Å². The Bertz CT molecular complexity index is 329. The van der Waals surface area contributed by atoms with Crippen molar-refractivity contribution in [1.82, 2.24) is 0 Å². The van der Waals surface area contributed by atoms with Gasteiger partial charge in [-0.3, -0.25) is 4.79 Å². The predicted molar refractivity (Wildman–Crippen MR) is 59.9 cm³/mol. The third-order valence-electron chi connectivity index (χ3n) is 3.17. The Hall–Kier alpha value is -0.980. The molecule has 2 heterocycles. The summed E-state index contributed by atoms with van der Waals surface area (Å²) in [5.74, 6) is -0.287. The van der Waals surface area contributed by atoms with Crippen LogP contribution < -0.4 is 0 Å². The summed E-state index contributed by atoms with van der Waals surface area (Å²) < 4.78 is 15.9. The van der Waals surface area contributed by atoms with Gasteiger partial charge < -0.3 is 24.1 Å². The van der Waals surface area contributed by atoms with E-state index in [2.05, 4.69) is 0 Å². The average Bonchev–Trinajstić information content (AvgIpc) is 2.83. The molecule has 4 atom stereocenters. The maximum absolute atomic E-state index is 11.5. The van der Waals surface area contributed by atoms with Crippen LogP contribution in [0.5, 0.6) is 0 Å². The zero-order valence-corrected chi connectivity index (χ0v) is 10.3. The minimum atomic E-state index is -0.642. The number of Topliss-reactive ketones (excluding diaryl/α,β-unsaturated/α-hetero) is 1. The number of ketones is 1. The Morgan fingerprint density at radius 3 is 2.67 bits per heavy atom. The highest BCUT2D eigenvalue weighted by molar-refractivity contribution is 5.76. The van der Waals surface area contributed by atoms with Gasteiger partial charge in [-0.05, 0) is 13.3 Å². The van der Waals surface area contributed by atoms with Crippen molar-refractivity contribution in [3.63, 3.8) is 0 Å². The van der Waals surface area contributed by atoms with E-state index in [1.54, 1.807) is 0 Å². The maximum atomic E-state index is 11.5. The van der Waals surface area contributed by atoms with Crippen LogP contribution in [0.4, 0.5) is 0 Å². The smallest absolute Gasteiger partial charge is 0.306 e. The van der Waals surface area contributed by atoms with Crippen LogP contribution in [-0.2, 0) is 23.8 Å². The molecule has 2 saturated heterocycles. The second kappa shape index (κ2) is 5.77. The highest BCUT2D eigenvalue weighted by Gasteiger charge is 2.48. The highest BCUT2D eigenvalue weighted by Crippen LogP contribution is 2.28. The van der Waals surface area contributed by atoms with E-state index in [0.29, 0.717) is 12.8 Å². The Kier molecular flexibility index (Phi) is 4.31. The molecule has 1 N–H and O–H groups in total. The third kappa shape index (κ3) is 3.07. The molecule has 2 fully saturated rings. The summed E-state index contributed by atoms with van der Waals surface area (Å²) in [6, 6.07) is 0. The number of aliphatic hydroxyl groups is 1. The van der Waals surface area contributed by atoms with E-state index in [-0.39, 0.29) is 43.6 Å². The summed E-state index contributed by atoms with van der Waals surface area (Å²) in [7, 11) is 0. The molecule has 2 aliphatic rings. The molecule has 102 valence electrons. The standard InChI is InChI=1S/C12H18O6/c1-7(13)3-2-4-10(15)18-9-6-17-11-8(14)5-16-12(9)11/h8-9,11-12,14H,2-6H2,1H3/t8-,9-,11+,12+/m0/s1. The summed E-state index contributed by atoms with van der Waals surface area (Å²) in [6.45, 7) is 1.97. The van der Waals surface area contributed by atoms with Crippen LogP contribution in [0.15, 0.2) is 0 Å². The Morgan fingerprint density at radius 2 is 1.94 bits per heavy atom. The van der Waals surface area contributed by atoms with Crippen molar-refractivity contribution in [1.29, 1.82) is 0 Å². The Labute approximate surface area is 105 Å². The molecule has 0 unspecified atom stereocenters. The fourth-order valence-electron chi connectivity index (χ4n) is 2.25. The van der Waals surface area contributed by atoms with Crippen molar-refractivity contribution in [3.05, 3.63) is 0 Å². The lowest BCUT2D eigenvalue weighted by Gasteiger charge is -2.16. The number of ether oxygens (including phenoxy) is 3. The Morgan fingerprint density at radius 1 is 1.22 bits per heavy atom.